The second kappa shape index (κ2) is 2.63. The number of hydrogen-bond donors (Lipinski definition) is 1. The molecule has 0 atom stereocenters. The van der Waals surface area contributed by atoms with Crippen molar-refractivity contribution in [2.45, 2.75) is 6.92 Å². The summed E-state index contributed by atoms with van der Waals surface area (Å²) in [6.45, 7) is 1.78. The van der Waals surface area contributed by atoms with Crippen molar-refractivity contribution in [3.8, 4) is 0 Å². The van der Waals surface area contributed by atoms with Crippen LogP contribution < -0.4 is 5.56 Å². The van der Waals surface area contributed by atoms with Gasteiger partial charge in [-0.15, -0.1) is 0 Å². The molecular weight excluding hydrogens is 194 g/mol. The second-order valence-corrected chi connectivity index (χ2v) is 3.24. The van der Waals surface area contributed by atoms with E-state index < -0.39 is 0 Å². The number of aromatic nitrogens is 5. The van der Waals surface area contributed by atoms with Crippen LogP contribution in [0.25, 0.3) is 16.7 Å². The molecule has 15 heavy (non-hydrogen) atoms. The van der Waals surface area contributed by atoms with Gasteiger partial charge >= 0.3 is 0 Å². The molecule has 0 aliphatic heterocycles. The van der Waals surface area contributed by atoms with Crippen molar-refractivity contribution < 1.29 is 0 Å². The predicted octanol–water partition coefficient (Wildman–Crippen LogP) is 0.274. The molecule has 0 fully saturated rings. The molecule has 3 aromatic rings. The van der Waals surface area contributed by atoms with E-state index in [9.17, 15) is 4.79 Å². The number of fused-ring (bicyclic) bond motifs is 3. The summed E-state index contributed by atoms with van der Waals surface area (Å²) in [6, 6.07) is 1.78. The van der Waals surface area contributed by atoms with Crippen LogP contribution in [0.4, 0.5) is 0 Å². The van der Waals surface area contributed by atoms with Crippen molar-refractivity contribution in [3.63, 3.8) is 0 Å². The van der Waals surface area contributed by atoms with Crippen LogP contribution in [-0.4, -0.2) is 24.6 Å². The fourth-order valence-electron chi connectivity index (χ4n) is 1.68. The van der Waals surface area contributed by atoms with Gasteiger partial charge in [-0.25, -0.2) is 4.98 Å². The van der Waals surface area contributed by atoms with Crippen molar-refractivity contribution in [1.82, 2.24) is 24.6 Å². The lowest BCUT2D eigenvalue weighted by atomic mass is 10.2. The summed E-state index contributed by atoms with van der Waals surface area (Å²) in [5, 5.41) is 4.57. The molecule has 74 valence electrons. The quantitative estimate of drug-likeness (QED) is 0.566. The second-order valence-electron chi connectivity index (χ2n) is 3.24. The van der Waals surface area contributed by atoms with Crippen molar-refractivity contribution in [1.29, 1.82) is 0 Å². The molecule has 6 heteroatoms. The molecule has 0 aliphatic rings. The predicted molar refractivity (Wildman–Crippen MR) is 53.6 cm³/mol. The molecule has 0 radical (unpaired) electrons. The fraction of sp³-hybridized carbons (Fsp3) is 0.111. The maximum Gasteiger partial charge on any atom is 0.259 e. The molecular formula is C9H7N5O. The third-order valence-electron chi connectivity index (χ3n) is 2.33. The van der Waals surface area contributed by atoms with Gasteiger partial charge in [0.2, 0.25) is 0 Å². The Labute approximate surface area is 83.6 Å². The maximum absolute atomic E-state index is 11.6. The monoisotopic (exact) mass is 201 g/mol. The lowest BCUT2D eigenvalue weighted by Crippen LogP contribution is -2.10. The van der Waals surface area contributed by atoms with Crippen molar-refractivity contribution >= 4 is 16.7 Å². The first kappa shape index (κ1) is 8.10. The average molecular weight is 201 g/mol. The van der Waals surface area contributed by atoms with E-state index in [1.807, 2.05) is 0 Å². The largest absolute Gasteiger partial charge is 0.328 e. The van der Waals surface area contributed by atoms with Crippen LogP contribution in [0.2, 0.25) is 0 Å². The van der Waals surface area contributed by atoms with Gasteiger partial charge in [-0.1, -0.05) is 0 Å². The highest BCUT2D eigenvalue weighted by atomic mass is 16.1. The fourth-order valence-corrected chi connectivity index (χ4v) is 1.68. The van der Waals surface area contributed by atoms with E-state index in [2.05, 4.69) is 20.1 Å². The molecule has 3 heterocycles. The Kier molecular flexibility index (Phi) is 1.42. The van der Waals surface area contributed by atoms with Crippen molar-refractivity contribution in [2.24, 2.45) is 0 Å². The van der Waals surface area contributed by atoms with Crippen molar-refractivity contribution in [3.05, 3.63) is 34.6 Å². The average Bonchev–Trinajstić information content (AvgIpc) is 2.65. The number of rotatable bonds is 0. The summed E-state index contributed by atoms with van der Waals surface area (Å²) in [5.74, 6) is 0.505. The molecule has 0 aliphatic carbocycles. The molecule has 1 N–H and O–H groups in total. The van der Waals surface area contributed by atoms with Gasteiger partial charge in [0.05, 0.1) is 16.6 Å². The summed E-state index contributed by atoms with van der Waals surface area (Å²) in [4.78, 5) is 22.4. The van der Waals surface area contributed by atoms with Crippen molar-refractivity contribution in [2.75, 3.05) is 0 Å². The van der Waals surface area contributed by atoms with E-state index in [4.69, 9.17) is 0 Å². The van der Waals surface area contributed by atoms with Crippen LogP contribution in [0.3, 0.4) is 0 Å². The molecule has 0 amide bonds. The summed E-state index contributed by atoms with van der Waals surface area (Å²) < 4.78 is 1.55. The minimum absolute atomic E-state index is 0.157. The van der Waals surface area contributed by atoms with Gasteiger partial charge in [-0.05, 0) is 13.0 Å². The van der Waals surface area contributed by atoms with Gasteiger partial charge in [-0.2, -0.15) is 14.6 Å². The van der Waals surface area contributed by atoms with E-state index in [1.54, 1.807) is 23.7 Å². The zero-order chi connectivity index (χ0) is 10.4. The molecule has 3 rings (SSSR count). The lowest BCUT2D eigenvalue weighted by Gasteiger charge is -2.01. The lowest BCUT2D eigenvalue weighted by molar-refractivity contribution is 0.970. The number of pyridine rings is 1. The maximum atomic E-state index is 11.6. The molecule has 0 saturated heterocycles. The third kappa shape index (κ3) is 0.983. The Hall–Kier alpha value is -2.24. The first-order chi connectivity index (χ1) is 7.27. The Morgan fingerprint density at radius 1 is 1.47 bits per heavy atom. The van der Waals surface area contributed by atoms with Crippen LogP contribution in [0, 0.1) is 6.92 Å². The van der Waals surface area contributed by atoms with Gasteiger partial charge in [0, 0.05) is 6.20 Å². The topological polar surface area (TPSA) is 75.9 Å². The standard InChI is InChI=1S/C9H7N5O/c1-5-7-6(2-3-10-8(7)15)14-9(13-5)11-4-12-14/h2-4H,1H3,(H,10,15). The molecule has 0 spiro atoms. The molecule has 0 unspecified atom stereocenters. The van der Waals surface area contributed by atoms with Gasteiger partial charge in [-0.3, -0.25) is 4.79 Å². The molecule has 0 saturated carbocycles. The highest BCUT2D eigenvalue weighted by molar-refractivity contribution is 5.81. The Bertz CT molecular complexity index is 711. The first-order valence-electron chi connectivity index (χ1n) is 4.45. The summed E-state index contributed by atoms with van der Waals surface area (Å²) in [5.41, 5.74) is 1.22. The SMILES string of the molecule is Cc1nc2ncnn2c2cc[nH]c(=O)c12. The minimum Gasteiger partial charge on any atom is -0.328 e. The zero-order valence-corrected chi connectivity index (χ0v) is 7.93. The number of hydrogen-bond acceptors (Lipinski definition) is 4. The van der Waals surface area contributed by atoms with Gasteiger partial charge in [0.1, 0.15) is 6.33 Å². The van der Waals surface area contributed by atoms with Crippen LogP contribution in [0.1, 0.15) is 5.69 Å². The van der Waals surface area contributed by atoms with Crippen LogP contribution in [-0.2, 0) is 0 Å². The number of nitrogens with one attached hydrogen (secondary N) is 1. The molecule has 6 nitrogen and oxygen atoms in total. The van der Waals surface area contributed by atoms with Gasteiger partial charge in [0.25, 0.3) is 11.3 Å². The molecule has 0 bridgehead atoms. The van der Waals surface area contributed by atoms with E-state index in [1.165, 1.54) is 6.33 Å². The summed E-state index contributed by atoms with van der Waals surface area (Å²) in [7, 11) is 0. The van der Waals surface area contributed by atoms with E-state index >= 15 is 0 Å². The summed E-state index contributed by atoms with van der Waals surface area (Å²) in [6.07, 6.45) is 3.01. The number of nitrogens with zero attached hydrogens (tertiary/aromatic N) is 4. The van der Waals surface area contributed by atoms with Crippen LogP contribution in [0.5, 0.6) is 0 Å². The normalized spacial score (nSPS) is 11.3. The third-order valence-corrected chi connectivity index (χ3v) is 2.33. The van der Waals surface area contributed by atoms with Crippen LogP contribution in [0.15, 0.2) is 23.4 Å². The molecule has 0 aromatic carbocycles. The first-order valence-corrected chi connectivity index (χ1v) is 4.45. The van der Waals surface area contributed by atoms with Gasteiger partial charge < -0.3 is 4.98 Å². The Morgan fingerprint density at radius 2 is 2.33 bits per heavy atom. The smallest absolute Gasteiger partial charge is 0.259 e. The minimum atomic E-state index is -0.157. The van der Waals surface area contributed by atoms with Gasteiger partial charge in [0.15, 0.2) is 0 Å². The van der Waals surface area contributed by atoms with Crippen LogP contribution >= 0.6 is 0 Å². The number of aromatic amines is 1. The Morgan fingerprint density at radius 3 is 3.20 bits per heavy atom. The highest BCUT2D eigenvalue weighted by Gasteiger charge is 2.08. The molecule has 3 aromatic heterocycles. The summed E-state index contributed by atoms with van der Waals surface area (Å²) >= 11 is 0. The van der Waals surface area contributed by atoms with E-state index in [0.717, 1.165) is 5.52 Å². The zero-order valence-electron chi connectivity index (χ0n) is 7.93. The number of aryl methyl sites for hydroxylation is 1. The van der Waals surface area contributed by atoms with E-state index in [-0.39, 0.29) is 5.56 Å². The number of H-pyrrole nitrogens is 1. The highest BCUT2D eigenvalue weighted by Crippen LogP contribution is 2.11. The Balaban J connectivity index is 2.74. The van der Waals surface area contributed by atoms with E-state index in [0.29, 0.717) is 16.9 Å².